The summed E-state index contributed by atoms with van der Waals surface area (Å²) in [5.74, 6) is 1.43. The largest absolute Gasteiger partial charge is 0.393 e. The van der Waals surface area contributed by atoms with Crippen molar-refractivity contribution in [1.29, 1.82) is 0 Å². The number of methoxy groups -OCH3 is 1. The Morgan fingerprint density at radius 2 is 2.00 bits per heavy atom. The van der Waals surface area contributed by atoms with Crippen LogP contribution in [0.15, 0.2) is 12.4 Å². The summed E-state index contributed by atoms with van der Waals surface area (Å²) in [5, 5.41) is 9.43. The van der Waals surface area contributed by atoms with Gasteiger partial charge in [-0.05, 0) is 12.8 Å². The van der Waals surface area contributed by atoms with Gasteiger partial charge in [0.1, 0.15) is 12.1 Å². The first kappa shape index (κ1) is 14.7. The van der Waals surface area contributed by atoms with Gasteiger partial charge in [0, 0.05) is 57.5 Å². The number of aliphatic hydroxyl groups is 1. The van der Waals surface area contributed by atoms with Gasteiger partial charge in [0.2, 0.25) is 0 Å². The first-order chi connectivity index (χ1) is 10.3. The van der Waals surface area contributed by atoms with E-state index in [1.165, 1.54) is 0 Å². The number of rotatable bonds is 5. The molecule has 1 aliphatic carbocycles. The van der Waals surface area contributed by atoms with E-state index >= 15 is 0 Å². The second-order valence-corrected chi connectivity index (χ2v) is 5.94. The van der Waals surface area contributed by atoms with Crippen molar-refractivity contribution >= 4 is 5.82 Å². The molecule has 116 valence electrons. The van der Waals surface area contributed by atoms with E-state index in [1.807, 2.05) is 0 Å². The standard InChI is InChI=1S/C15H24N4O2/c1-21-7-6-18-2-4-19(5-3-18)15-10-14(16-11-17-15)12-8-13(20)9-12/h10-13,20H,2-9H2,1H3. The number of ether oxygens (including phenoxy) is 1. The lowest BCUT2D eigenvalue weighted by molar-refractivity contribution is 0.0732. The van der Waals surface area contributed by atoms with Crippen LogP contribution in [0.25, 0.3) is 0 Å². The highest BCUT2D eigenvalue weighted by Crippen LogP contribution is 2.36. The van der Waals surface area contributed by atoms with Gasteiger partial charge in [-0.3, -0.25) is 4.90 Å². The van der Waals surface area contributed by atoms with Crippen LogP contribution in [-0.4, -0.2) is 72.5 Å². The van der Waals surface area contributed by atoms with Crippen LogP contribution < -0.4 is 4.90 Å². The molecule has 1 saturated heterocycles. The Hall–Kier alpha value is -1.24. The fraction of sp³-hybridized carbons (Fsp3) is 0.733. The Morgan fingerprint density at radius 1 is 1.24 bits per heavy atom. The molecule has 1 saturated carbocycles. The van der Waals surface area contributed by atoms with Crippen molar-refractivity contribution in [3.63, 3.8) is 0 Å². The molecule has 21 heavy (non-hydrogen) atoms. The van der Waals surface area contributed by atoms with E-state index in [-0.39, 0.29) is 6.10 Å². The highest BCUT2D eigenvalue weighted by atomic mass is 16.5. The van der Waals surface area contributed by atoms with Crippen LogP contribution in [0.5, 0.6) is 0 Å². The summed E-state index contributed by atoms with van der Waals surface area (Å²) in [6.45, 7) is 5.87. The zero-order valence-corrected chi connectivity index (χ0v) is 12.6. The molecule has 0 bridgehead atoms. The van der Waals surface area contributed by atoms with Gasteiger partial charge in [0.05, 0.1) is 12.7 Å². The predicted octanol–water partition coefficient (Wildman–Crippen LogP) is 0.483. The van der Waals surface area contributed by atoms with Gasteiger partial charge in [-0.25, -0.2) is 9.97 Å². The van der Waals surface area contributed by atoms with Crippen LogP contribution in [-0.2, 0) is 4.74 Å². The molecule has 2 fully saturated rings. The second kappa shape index (κ2) is 6.68. The van der Waals surface area contributed by atoms with Crippen LogP contribution in [0.2, 0.25) is 0 Å². The molecule has 2 heterocycles. The van der Waals surface area contributed by atoms with Gasteiger partial charge >= 0.3 is 0 Å². The Morgan fingerprint density at radius 3 is 2.67 bits per heavy atom. The van der Waals surface area contributed by atoms with E-state index in [2.05, 4.69) is 25.8 Å². The van der Waals surface area contributed by atoms with Crippen molar-refractivity contribution in [1.82, 2.24) is 14.9 Å². The molecule has 1 aromatic heterocycles. The summed E-state index contributed by atoms with van der Waals surface area (Å²) in [6, 6.07) is 2.10. The monoisotopic (exact) mass is 292 g/mol. The molecule has 6 nitrogen and oxygen atoms in total. The molecule has 1 aliphatic heterocycles. The Bertz CT molecular complexity index is 457. The average Bonchev–Trinajstić information content (AvgIpc) is 2.50. The van der Waals surface area contributed by atoms with E-state index < -0.39 is 0 Å². The minimum atomic E-state index is -0.141. The predicted molar refractivity (Wildman–Crippen MR) is 80.5 cm³/mol. The maximum atomic E-state index is 9.43. The van der Waals surface area contributed by atoms with Crippen molar-refractivity contribution in [2.45, 2.75) is 24.9 Å². The number of anilines is 1. The number of piperazine rings is 1. The lowest BCUT2D eigenvalue weighted by atomic mass is 9.80. The highest BCUT2D eigenvalue weighted by molar-refractivity contribution is 5.40. The lowest BCUT2D eigenvalue weighted by Crippen LogP contribution is -2.47. The first-order valence-corrected chi connectivity index (χ1v) is 7.72. The molecule has 0 spiro atoms. The van der Waals surface area contributed by atoms with E-state index in [0.717, 1.165) is 63.7 Å². The van der Waals surface area contributed by atoms with Crippen LogP contribution in [0.4, 0.5) is 5.82 Å². The number of nitrogens with zero attached hydrogens (tertiary/aromatic N) is 4. The number of hydrogen-bond acceptors (Lipinski definition) is 6. The highest BCUT2D eigenvalue weighted by Gasteiger charge is 2.30. The van der Waals surface area contributed by atoms with Crippen molar-refractivity contribution in [2.24, 2.45) is 0 Å². The maximum absolute atomic E-state index is 9.43. The van der Waals surface area contributed by atoms with Crippen LogP contribution in [0.3, 0.4) is 0 Å². The summed E-state index contributed by atoms with van der Waals surface area (Å²) in [4.78, 5) is 13.5. The molecular weight excluding hydrogens is 268 g/mol. The molecule has 3 rings (SSSR count). The normalized spacial score (nSPS) is 26.7. The van der Waals surface area contributed by atoms with Gasteiger partial charge < -0.3 is 14.7 Å². The summed E-state index contributed by atoms with van der Waals surface area (Å²) < 4.78 is 5.13. The van der Waals surface area contributed by atoms with Crippen LogP contribution >= 0.6 is 0 Å². The molecule has 0 radical (unpaired) electrons. The lowest BCUT2D eigenvalue weighted by Gasteiger charge is -2.36. The fourth-order valence-corrected chi connectivity index (χ4v) is 3.01. The summed E-state index contributed by atoms with van der Waals surface area (Å²) in [5.41, 5.74) is 1.08. The zero-order chi connectivity index (χ0) is 14.7. The minimum absolute atomic E-state index is 0.141. The topological polar surface area (TPSA) is 61.7 Å². The van der Waals surface area contributed by atoms with Gasteiger partial charge in [-0.2, -0.15) is 0 Å². The zero-order valence-electron chi connectivity index (χ0n) is 12.6. The molecule has 1 N–H and O–H groups in total. The molecule has 0 aromatic carbocycles. The number of aliphatic hydroxyl groups excluding tert-OH is 1. The Balaban J connectivity index is 1.56. The average molecular weight is 292 g/mol. The van der Waals surface area contributed by atoms with E-state index in [0.29, 0.717) is 5.92 Å². The fourth-order valence-electron chi connectivity index (χ4n) is 3.01. The van der Waals surface area contributed by atoms with Crippen molar-refractivity contribution < 1.29 is 9.84 Å². The molecule has 0 unspecified atom stereocenters. The number of aromatic nitrogens is 2. The molecule has 0 atom stereocenters. The van der Waals surface area contributed by atoms with Gasteiger partial charge in [0.25, 0.3) is 0 Å². The second-order valence-electron chi connectivity index (χ2n) is 5.94. The maximum Gasteiger partial charge on any atom is 0.132 e. The van der Waals surface area contributed by atoms with E-state index in [4.69, 9.17) is 4.74 Å². The first-order valence-electron chi connectivity index (χ1n) is 7.72. The Labute approximate surface area is 125 Å². The van der Waals surface area contributed by atoms with Crippen molar-refractivity contribution in [3.05, 3.63) is 18.1 Å². The van der Waals surface area contributed by atoms with E-state index in [9.17, 15) is 5.11 Å². The minimum Gasteiger partial charge on any atom is -0.393 e. The van der Waals surface area contributed by atoms with Crippen molar-refractivity contribution in [3.8, 4) is 0 Å². The smallest absolute Gasteiger partial charge is 0.132 e. The van der Waals surface area contributed by atoms with Crippen molar-refractivity contribution in [2.75, 3.05) is 51.3 Å². The summed E-state index contributed by atoms with van der Waals surface area (Å²) in [6.07, 6.45) is 3.19. The third-order valence-electron chi connectivity index (χ3n) is 4.51. The molecule has 6 heteroatoms. The quantitative estimate of drug-likeness (QED) is 0.852. The SMILES string of the molecule is COCCN1CCN(c2cc(C3CC(O)C3)ncn2)CC1. The van der Waals surface area contributed by atoms with Crippen LogP contribution in [0, 0.1) is 0 Å². The summed E-state index contributed by atoms with van der Waals surface area (Å²) >= 11 is 0. The van der Waals surface area contributed by atoms with Gasteiger partial charge in [0.15, 0.2) is 0 Å². The number of hydrogen-bond donors (Lipinski definition) is 1. The van der Waals surface area contributed by atoms with Gasteiger partial charge in [-0.1, -0.05) is 0 Å². The molecule has 2 aliphatic rings. The molecular formula is C15H24N4O2. The van der Waals surface area contributed by atoms with Crippen LogP contribution in [0.1, 0.15) is 24.5 Å². The summed E-state index contributed by atoms with van der Waals surface area (Å²) in [7, 11) is 1.75. The molecule has 1 aromatic rings. The third kappa shape index (κ3) is 3.51. The molecule has 0 amide bonds. The third-order valence-corrected chi connectivity index (χ3v) is 4.51. The van der Waals surface area contributed by atoms with Gasteiger partial charge in [-0.15, -0.1) is 0 Å². The Kier molecular flexibility index (Phi) is 4.67. The van der Waals surface area contributed by atoms with E-state index in [1.54, 1.807) is 13.4 Å².